The molecule has 0 N–H and O–H groups in total. The van der Waals surface area contributed by atoms with Gasteiger partial charge in [-0.25, -0.2) is 0 Å². The van der Waals surface area contributed by atoms with Crippen molar-refractivity contribution in [2.24, 2.45) is 0 Å². The number of aromatic nitrogens is 2. The van der Waals surface area contributed by atoms with Crippen molar-refractivity contribution in [1.29, 1.82) is 0 Å². The topological polar surface area (TPSA) is 61.2 Å². The van der Waals surface area contributed by atoms with Gasteiger partial charge in [-0.3, -0.25) is 19.1 Å². The van der Waals surface area contributed by atoms with Crippen LogP contribution >= 0.6 is 0 Å². The molecule has 0 radical (unpaired) electrons. The SMILES string of the molecule is CC(=O)OCn1c(=O)ccc2cnc(C(F)(F)F)cc21. The van der Waals surface area contributed by atoms with E-state index in [-0.39, 0.29) is 5.52 Å². The second-order valence-corrected chi connectivity index (χ2v) is 3.99. The maximum absolute atomic E-state index is 12.6. The molecule has 0 fully saturated rings. The van der Waals surface area contributed by atoms with E-state index in [0.29, 0.717) is 5.39 Å². The van der Waals surface area contributed by atoms with Gasteiger partial charge in [-0.15, -0.1) is 0 Å². The third-order valence-corrected chi connectivity index (χ3v) is 2.56. The number of hydrogen-bond donors (Lipinski definition) is 0. The molecule has 5 nitrogen and oxygen atoms in total. The van der Waals surface area contributed by atoms with E-state index < -0.39 is 30.1 Å². The number of carbonyl (C=O) groups excluding carboxylic acids is 1. The van der Waals surface area contributed by atoms with Crippen LogP contribution in [0.2, 0.25) is 0 Å². The van der Waals surface area contributed by atoms with Crippen LogP contribution < -0.4 is 5.56 Å². The Morgan fingerprint density at radius 1 is 1.40 bits per heavy atom. The van der Waals surface area contributed by atoms with E-state index in [9.17, 15) is 22.8 Å². The fourth-order valence-electron chi connectivity index (χ4n) is 1.63. The van der Waals surface area contributed by atoms with Crippen LogP contribution in [0.4, 0.5) is 13.2 Å². The molecule has 2 aromatic rings. The lowest BCUT2D eigenvalue weighted by Crippen LogP contribution is -2.22. The molecule has 20 heavy (non-hydrogen) atoms. The minimum Gasteiger partial charge on any atom is -0.444 e. The van der Waals surface area contributed by atoms with Crippen molar-refractivity contribution in [2.75, 3.05) is 0 Å². The number of halogens is 3. The number of nitrogens with zero attached hydrogens (tertiary/aromatic N) is 2. The first-order chi connectivity index (χ1) is 9.29. The summed E-state index contributed by atoms with van der Waals surface area (Å²) in [4.78, 5) is 25.7. The molecule has 0 aromatic carbocycles. The van der Waals surface area contributed by atoms with E-state index in [4.69, 9.17) is 0 Å². The second-order valence-electron chi connectivity index (χ2n) is 3.99. The summed E-state index contributed by atoms with van der Waals surface area (Å²) in [6.45, 7) is 0.686. The van der Waals surface area contributed by atoms with Crippen LogP contribution in [0.5, 0.6) is 0 Å². The highest BCUT2D eigenvalue weighted by Gasteiger charge is 2.32. The molecule has 0 unspecified atom stereocenters. The van der Waals surface area contributed by atoms with Crippen molar-refractivity contribution in [3.8, 4) is 0 Å². The first-order valence-electron chi connectivity index (χ1n) is 5.49. The average Bonchev–Trinajstić information content (AvgIpc) is 2.35. The lowest BCUT2D eigenvalue weighted by Gasteiger charge is -2.12. The van der Waals surface area contributed by atoms with Crippen LogP contribution in [-0.4, -0.2) is 15.5 Å². The molecule has 0 bridgehead atoms. The number of hydrogen-bond acceptors (Lipinski definition) is 4. The number of rotatable bonds is 2. The third kappa shape index (κ3) is 2.79. The summed E-state index contributed by atoms with van der Waals surface area (Å²) in [5.74, 6) is -0.640. The number of carbonyl (C=O) groups is 1. The van der Waals surface area contributed by atoms with Crippen LogP contribution in [-0.2, 0) is 22.4 Å². The number of alkyl halides is 3. The summed E-state index contributed by atoms with van der Waals surface area (Å²) < 4.78 is 43.5. The van der Waals surface area contributed by atoms with Crippen LogP contribution in [0.3, 0.4) is 0 Å². The van der Waals surface area contributed by atoms with Gasteiger partial charge in [0, 0.05) is 24.6 Å². The van der Waals surface area contributed by atoms with E-state index in [1.165, 1.54) is 12.1 Å². The zero-order chi connectivity index (χ0) is 14.9. The van der Waals surface area contributed by atoms with Crippen molar-refractivity contribution in [2.45, 2.75) is 19.8 Å². The summed E-state index contributed by atoms with van der Waals surface area (Å²) in [5.41, 5.74) is -1.69. The van der Waals surface area contributed by atoms with Gasteiger partial charge in [0.05, 0.1) is 5.52 Å². The minimum absolute atomic E-state index is 0.000995. The van der Waals surface area contributed by atoms with E-state index >= 15 is 0 Å². The Bertz CT molecular complexity index is 722. The Balaban J connectivity index is 2.61. The fourth-order valence-corrected chi connectivity index (χ4v) is 1.63. The quantitative estimate of drug-likeness (QED) is 0.791. The van der Waals surface area contributed by atoms with Gasteiger partial charge in [0.15, 0.2) is 6.73 Å². The van der Waals surface area contributed by atoms with Gasteiger partial charge in [0.2, 0.25) is 0 Å². The van der Waals surface area contributed by atoms with Crippen molar-refractivity contribution in [3.63, 3.8) is 0 Å². The first kappa shape index (κ1) is 14.0. The van der Waals surface area contributed by atoms with Gasteiger partial charge < -0.3 is 4.74 Å². The van der Waals surface area contributed by atoms with Crippen LogP contribution in [0, 0.1) is 0 Å². The largest absolute Gasteiger partial charge is 0.444 e. The van der Waals surface area contributed by atoms with Crippen LogP contribution in [0.1, 0.15) is 12.6 Å². The molecule has 0 amide bonds. The Hall–Kier alpha value is -2.38. The molecule has 0 aliphatic rings. The lowest BCUT2D eigenvalue weighted by atomic mass is 10.2. The van der Waals surface area contributed by atoms with Crippen LogP contribution in [0.25, 0.3) is 10.9 Å². The van der Waals surface area contributed by atoms with Gasteiger partial charge in [0.25, 0.3) is 5.56 Å². The first-order valence-corrected chi connectivity index (χ1v) is 5.49. The fraction of sp³-hybridized carbons (Fsp3) is 0.250. The van der Waals surface area contributed by atoms with E-state index in [1.54, 1.807) is 0 Å². The van der Waals surface area contributed by atoms with Crippen molar-refractivity contribution < 1.29 is 22.7 Å². The molecule has 0 saturated carbocycles. The zero-order valence-corrected chi connectivity index (χ0v) is 10.3. The third-order valence-electron chi connectivity index (χ3n) is 2.56. The molecule has 0 spiro atoms. The molecule has 0 aliphatic heterocycles. The summed E-state index contributed by atoms with van der Waals surface area (Å²) >= 11 is 0. The highest BCUT2D eigenvalue weighted by molar-refractivity contribution is 5.78. The molecular formula is C12H9F3N2O3. The molecule has 8 heteroatoms. The molecule has 2 rings (SSSR count). The van der Waals surface area contributed by atoms with Crippen molar-refractivity contribution in [1.82, 2.24) is 9.55 Å². The average molecular weight is 286 g/mol. The predicted molar refractivity (Wildman–Crippen MR) is 62.8 cm³/mol. The lowest BCUT2D eigenvalue weighted by molar-refractivity contribution is -0.145. The van der Waals surface area contributed by atoms with Gasteiger partial charge >= 0.3 is 12.1 Å². The highest BCUT2D eigenvalue weighted by atomic mass is 19.4. The highest BCUT2D eigenvalue weighted by Crippen LogP contribution is 2.29. The Kier molecular flexibility index (Phi) is 3.47. The maximum Gasteiger partial charge on any atom is 0.433 e. The Morgan fingerprint density at radius 2 is 2.10 bits per heavy atom. The van der Waals surface area contributed by atoms with E-state index in [2.05, 4.69) is 9.72 Å². The molecule has 2 aromatic heterocycles. The number of ether oxygens (including phenoxy) is 1. The molecular weight excluding hydrogens is 277 g/mol. The predicted octanol–water partition coefficient (Wildman–Crippen LogP) is 1.94. The second kappa shape index (κ2) is 4.95. The van der Waals surface area contributed by atoms with Crippen molar-refractivity contribution >= 4 is 16.9 Å². The normalized spacial score (nSPS) is 11.6. The zero-order valence-electron chi connectivity index (χ0n) is 10.3. The van der Waals surface area contributed by atoms with Gasteiger partial charge in [0.1, 0.15) is 5.69 Å². The smallest absolute Gasteiger partial charge is 0.433 e. The van der Waals surface area contributed by atoms with E-state index in [0.717, 1.165) is 23.8 Å². The van der Waals surface area contributed by atoms with E-state index in [1.807, 2.05) is 0 Å². The number of fused-ring (bicyclic) bond motifs is 1. The maximum atomic E-state index is 12.6. The monoisotopic (exact) mass is 286 g/mol. The van der Waals surface area contributed by atoms with Crippen LogP contribution in [0.15, 0.2) is 29.2 Å². The Morgan fingerprint density at radius 3 is 2.70 bits per heavy atom. The molecule has 106 valence electrons. The minimum atomic E-state index is -4.62. The van der Waals surface area contributed by atoms with Gasteiger partial charge in [-0.2, -0.15) is 13.2 Å². The summed E-state index contributed by atoms with van der Waals surface area (Å²) in [7, 11) is 0. The number of esters is 1. The Labute approximate surface area is 110 Å². The molecule has 2 heterocycles. The summed E-state index contributed by atoms with van der Waals surface area (Å²) in [6, 6.07) is 3.27. The van der Waals surface area contributed by atoms with Crippen molar-refractivity contribution in [3.05, 3.63) is 40.4 Å². The molecule has 0 atom stereocenters. The molecule has 0 aliphatic carbocycles. The molecule has 0 saturated heterocycles. The summed E-state index contributed by atoms with van der Waals surface area (Å²) in [6.07, 6.45) is -3.60. The standard InChI is InChI=1S/C12H9F3N2O3/c1-7(18)20-6-17-9-4-10(12(13,14)15)16-5-8(9)2-3-11(17)19/h2-5H,6H2,1H3. The van der Waals surface area contributed by atoms with Gasteiger partial charge in [-0.1, -0.05) is 0 Å². The summed E-state index contributed by atoms with van der Waals surface area (Å²) in [5, 5.41) is 0.338. The van der Waals surface area contributed by atoms with Gasteiger partial charge in [-0.05, 0) is 12.1 Å². The number of pyridine rings is 2.